The molecule has 0 aliphatic rings. The van der Waals surface area contributed by atoms with Gasteiger partial charge in [0.05, 0.1) is 17.4 Å². The Morgan fingerprint density at radius 2 is 2.04 bits per heavy atom. The summed E-state index contributed by atoms with van der Waals surface area (Å²) in [7, 11) is -0.896. The number of hydrogen-bond acceptors (Lipinski definition) is 5. The van der Waals surface area contributed by atoms with E-state index in [2.05, 4.69) is 14.9 Å². The van der Waals surface area contributed by atoms with Crippen molar-refractivity contribution in [1.82, 2.24) is 15.1 Å². The SMILES string of the molecule is CN(C)C(=O)c1cn[nH]c1-c1ccc(S(=O)(=O)Nc2cccc(F)c2)o1. The van der Waals surface area contributed by atoms with E-state index in [9.17, 15) is 17.6 Å². The van der Waals surface area contributed by atoms with Crippen LogP contribution >= 0.6 is 0 Å². The van der Waals surface area contributed by atoms with Crippen molar-refractivity contribution < 1.29 is 22.0 Å². The zero-order chi connectivity index (χ0) is 18.9. The molecule has 2 N–H and O–H groups in total. The van der Waals surface area contributed by atoms with Gasteiger partial charge in [-0.15, -0.1) is 0 Å². The van der Waals surface area contributed by atoms with E-state index in [1.165, 1.54) is 41.4 Å². The summed E-state index contributed by atoms with van der Waals surface area (Å²) in [6.07, 6.45) is 1.33. The second-order valence-corrected chi connectivity index (χ2v) is 7.21. The number of rotatable bonds is 5. The smallest absolute Gasteiger partial charge is 0.295 e. The molecule has 2 heterocycles. The molecule has 0 fully saturated rings. The van der Waals surface area contributed by atoms with Crippen molar-refractivity contribution in [2.45, 2.75) is 5.09 Å². The van der Waals surface area contributed by atoms with Gasteiger partial charge in [0.2, 0.25) is 5.09 Å². The van der Waals surface area contributed by atoms with E-state index in [0.717, 1.165) is 6.07 Å². The Hall–Kier alpha value is -3.14. The maximum absolute atomic E-state index is 13.2. The molecule has 1 amide bonds. The number of furan rings is 1. The van der Waals surface area contributed by atoms with Crippen molar-refractivity contribution in [1.29, 1.82) is 0 Å². The highest BCUT2D eigenvalue weighted by atomic mass is 32.2. The van der Waals surface area contributed by atoms with Gasteiger partial charge >= 0.3 is 0 Å². The van der Waals surface area contributed by atoms with Crippen molar-refractivity contribution >= 4 is 21.6 Å². The third-order valence-corrected chi connectivity index (χ3v) is 4.70. The third kappa shape index (κ3) is 3.45. The Morgan fingerprint density at radius 3 is 2.73 bits per heavy atom. The van der Waals surface area contributed by atoms with Gasteiger partial charge < -0.3 is 9.32 Å². The van der Waals surface area contributed by atoms with Gasteiger partial charge in [-0.25, -0.2) is 4.39 Å². The lowest BCUT2D eigenvalue weighted by molar-refractivity contribution is 0.0828. The fraction of sp³-hybridized carbons (Fsp3) is 0.125. The first-order valence-corrected chi connectivity index (χ1v) is 8.90. The van der Waals surface area contributed by atoms with Crippen LogP contribution in [-0.4, -0.2) is 43.5 Å². The summed E-state index contributed by atoms with van der Waals surface area (Å²) in [6.45, 7) is 0. The van der Waals surface area contributed by atoms with E-state index < -0.39 is 15.8 Å². The van der Waals surface area contributed by atoms with Crippen LogP contribution < -0.4 is 4.72 Å². The van der Waals surface area contributed by atoms with Gasteiger partial charge in [-0.2, -0.15) is 13.5 Å². The molecule has 0 unspecified atom stereocenters. The number of anilines is 1. The zero-order valence-corrected chi connectivity index (χ0v) is 14.7. The van der Waals surface area contributed by atoms with Crippen molar-refractivity contribution in [3.8, 4) is 11.5 Å². The van der Waals surface area contributed by atoms with Crippen LogP contribution in [0.1, 0.15) is 10.4 Å². The first-order valence-electron chi connectivity index (χ1n) is 7.41. The van der Waals surface area contributed by atoms with Crippen molar-refractivity contribution in [3.05, 3.63) is 54.0 Å². The molecule has 8 nitrogen and oxygen atoms in total. The number of nitrogens with zero attached hydrogens (tertiary/aromatic N) is 2. The molecule has 3 rings (SSSR count). The van der Waals surface area contributed by atoms with Crippen LogP contribution in [0.25, 0.3) is 11.5 Å². The van der Waals surface area contributed by atoms with Crippen molar-refractivity contribution in [2.75, 3.05) is 18.8 Å². The van der Waals surface area contributed by atoms with Crippen LogP contribution in [0.5, 0.6) is 0 Å². The molecular formula is C16H15FN4O4S. The third-order valence-electron chi connectivity index (χ3n) is 3.45. The van der Waals surface area contributed by atoms with Crippen LogP contribution in [-0.2, 0) is 10.0 Å². The minimum absolute atomic E-state index is 0.0629. The van der Waals surface area contributed by atoms with E-state index >= 15 is 0 Å². The topological polar surface area (TPSA) is 108 Å². The van der Waals surface area contributed by atoms with Gasteiger partial charge in [0, 0.05) is 14.1 Å². The highest BCUT2D eigenvalue weighted by molar-refractivity contribution is 7.92. The first-order chi connectivity index (χ1) is 12.3. The summed E-state index contributed by atoms with van der Waals surface area (Å²) in [6, 6.07) is 7.67. The monoisotopic (exact) mass is 378 g/mol. The summed E-state index contributed by atoms with van der Waals surface area (Å²) < 4.78 is 45.6. The summed E-state index contributed by atoms with van der Waals surface area (Å²) >= 11 is 0. The number of nitrogens with one attached hydrogen (secondary N) is 2. The molecule has 0 saturated heterocycles. The Labute approximate surface area is 148 Å². The number of carbonyl (C=O) groups excluding carboxylic acids is 1. The Morgan fingerprint density at radius 1 is 1.27 bits per heavy atom. The van der Waals surface area contributed by atoms with E-state index in [4.69, 9.17) is 4.42 Å². The molecule has 26 heavy (non-hydrogen) atoms. The molecule has 0 saturated carbocycles. The molecule has 136 valence electrons. The van der Waals surface area contributed by atoms with Gasteiger partial charge in [0.1, 0.15) is 11.5 Å². The molecule has 10 heteroatoms. The minimum atomic E-state index is -4.06. The molecule has 0 radical (unpaired) electrons. The van der Waals surface area contributed by atoms with Gasteiger partial charge in [-0.1, -0.05) is 6.07 Å². The van der Waals surface area contributed by atoms with Gasteiger partial charge in [0.25, 0.3) is 15.9 Å². The molecular weight excluding hydrogens is 363 g/mol. The van der Waals surface area contributed by atoms with Crippen LogP contribution in [0.2, 0.25) is 0 Å². The average molecular weight is 378 g/mol. The Kier molecular flexibility index (Phi) is 4.51. The van der Waals surface area contributed by atoms with E-state index in [0.29, 0.717) is 0 Å². The lowest BCUT2D eigenvalue weighted by atomic mass is 10.2. The number of H-pyrrole nitrogens is 1. The van der Waals surface area contributed by atoms with Gasteiger partial charge in [-0.3, -0.25) is 14.6 Å². The lowest BCUT2D eigenvalue weighted by Gasteiger charge is -2.09. The second kappa shape index (κ2) is 6.64. The van der Waals surface area contributed by atoms with Gasteiger partial charge in [0.15, 0.2) is 5.76 Å². The highest BCUT2D eigenvalue weighted by Crippen LogP contribution is 2.27. The van der Waals surface area contributed by atoms with Crippen LogP contribution in [0.4, 0.5) is 10.1 Å². The number of halogens is 1. The van der Waals surface area contributed by atoms with E-state index in [-0.39, 0.29) is 33.7 Å². The molecule has 1 aromatic carbocycles. The first kappa shape index (κ1) is 17.7. The predicted octanol–water partition coefficient (Wildman–Crippen LogP) is 2.31. The summed E-state index contributed by atoms with van der Waals surface area (Å²) in [4.78, 5) is 13.5. The van der Waals surface area contributed by atoms with Crippen LogP contribution in [0.15, 0.2) is 52.1 Å². The largest absolute Gasteiger partial charge is 0.441 e. The predicted molar refractivity (Wildman–Crippen MR) is 91.5 cm³/mol. The second-order valence-electron chi connectivity index (χ2n) is 5.59. The van der Waals surface area contributed by atoms with Crippen LogP contribution in [0, 0.1) is 5.82 Å². The fourth-order valence-corrected chi connectivity index (χ4v) is 3.22. The highest BCUT2D eigenvalue weighted by Gasteiger charge is 2.23. The normalized spacial score (nSPS) is 11.3. The number of sulfonamides is 1. The Bertz CT molecular complexity index is 1060. The number of amides is 1. The number of aromatic nitrogens is 2. The quantitative estimate of drug-likeness (QED) is 0.708. The maximum Gasteiger partial charge on any atom is 0.295 e. The number of benzene rings is 1. The molecule has 2 aromatic heterocycles. The molecule has 3 aromatic rings. The molecule has 0 aliphatic carbocycles. The standard InChI is InChI=1S/C16H15FN4O4S/c1-21(2)16(22)12-9-18-19-15(12)13-6-7-14(25-13)26(23,24)20-11-5-3-4-10(17)8-11/h3-9,20H,1-2H3,(H,18,19). The molecule has 0 atom stereocenters. The number of aromatic amines is 1. The van der Waals surface area contributed by atoms with Crippen molar-refractivity contribution in [2.24, 2.45) is 0 Å². The number of carbonyl (C=O) groups is 1. The fourth-order valence-electron chi connectivity index (χ4n) is 2.23. The number of hydrogen-bond donors (Lipinski definition) is 2. The average Bonchev–Trinajstić information content (AvgIpc) is 3.23. The lowest BCUT2D eigenvalue weighted by Crippen LogP contribution is -2.21. The Balaban J connectivity index is 1.91. The van der Waals surface area contributed by atoms with E-state index in [1.807, 2.05) is 0 Å². The van der Waals surface area contributed by atoms with Crippen molar-refractivity contribution in [3.63, 3.8) is 0 Å². The summed E-state index contributed by atoms with van der Waals surface area (Å²) in [5, 5.41) is 6.06. The van der Waals surface area contributed by atoms with Crippen LogP contribution in [0.3, 0.4) is 0 Å². The summed E-state index contributed by atoms with van der Waals surface area (Å²) in [5.41, 5.74) is 0.565. The molecule has 0 aliphatic heterocycles. The van der Waals surface area contributed by atoms with Gasteiger partial charge in [-0.05, 0) is 30.3 Å². The summed E-state index contributed by atoms with van der Waals surface area (Å²) in [5.74, 6) is -0.755. The zero-order valence-electron chi connectivity index (χ0n) is 13.9. The maximum atomic E-state index is 13.2. The molecule has 0 spiro atoms. The molecule has 0 bridgehead atoms. The minimum Gasteiger partial charge on any atom is -0.441 e. The van der Waals surface area contributed by atoms with E-state index in [1.54, 1.807) is 14.1 Å².